The number of nitrogens with zero attached hydrogens (tertiary/aromatic N) is 1. The minimum atomic E-state index is 0.257. The van der Waals surface area contributed by atoms with Gasteiger partial charge in [-0.3, -0.25) is 4.79 Å². The third-order valence-corrected chi connectivity index (χ3v) is 1.64. The monoisotopic (exact) mass is 151 g/mol. The number of ketones is 1. The Morgan fingerprint density at radius 3 is 2.91 bits per heavy atom. The molecule has 1 aliphatic rings. The summed E-state index contributed by atoms with van der Waals surface area (Å²) in [6.45, 7) is 3.41. The van der Waals surface area contributed by atoms with Crippen LogP contribution in [0.5, 0.6) is 0 Å². The van der Waals surface area contributed by atoms with E-state index >= 15 is 0 Å². The maximum atomic E-state index is 10.6. The van der Waals surface area contributed by atoms with Crippen LogP contribution in [-0.4, -0.2) is 23.8 Å². The lowest BCUT2D eigenvalue weighted by atomic mass is 10.3. The van der Waals surface area contributed by atoms with Gasteiger partial charge in [-0.2, -0.15) is 0 Å². The molecule has 2 heteroatoms. The molecule has 0 saturated carbocycles. The number of hydrogen-bond donors (Lipinski definition) is 0. The molecule has 0 aromatic rings. The first-order valence-electron chi connectivity index (χ1n) is 3.86. The quantitative estimate of drug-likeness (QED) is 0.607. The minimum absolute atomic E-state index is 0.257. The summed E-state index contributed by atoms with van der Waals surface area (Å²) in [5.74, 6) is 0.257. The Hall–Kier alpha value is -1.05. The van der Waals surface area contributed by atoms with Gasteiger partial charge in [-0.1, -0.05) is 12.2 Å². The fourth-order valence-electron chi connectivity index (χ4n) is 0.974. The summed E-state index contributed by atoms with van der Waals surface area (Å²) >= 11 is 0. The molecule has 0 spiro atoms. The summed E-state index contributed by atoms with van der Waals surface area (Å²) in [5.41, 5.74) is 0. The van der Waals surface area contributed by atoms with E-state index in [0.717, 1.165) is 13.1 Å². The van der Waals surface area contributed by atoms with E-state index in [2.05, 4.69) is 11.0 Å². The van der Waals surface area contributed by atoms with Crippen molar-refractivity contribution in [1.29, 1.82) is 0 Å². The van der Waals surface area contributed by atoms with E-state index in [4.69, 9.17) is 0 Å². The van der Waals surface area contributed by atoms with Gasteiger partial charge >= 0.3 is 0 Å². The smallest absolute Gasteiger partial charge is 0.131 e. The van der Waals surface area contributed by atoms with Gasteiger partial charge in [0.1, 0.15) is 5.78 Å². The van der Waals surface area contributed by atoms with Gasteiger partial charge in [0, 0.05) is 19.5 Å². The topological polar surface area (TPSA) is 20.3 Å². The molecule has 60 valence electrons. The van der Waals surface area contributed by atoms with Gasteiger partial charge in [0.15, 0.2) is 0 Å². The molecule has 1 aliphatic heterocycles. The molecule has 0 radical (unpaired) electrons. The minimum Gasteiger partial charge on any atom is -0.373 e. The van der Waals surface area contributed by atoms with Crippen molar-refractivity contribution in [3.05, 3.63) is 24.4 Å². The summed E-state index contributed by atoms with van der Waals surface area (Å²) in [4.78, 5) is 12.7. The van der Waals surface area contributed by atoms with Crippen molar-refractivity contribution in [2.24, 2.45) is 0 Å². The molecule has 0 saturated heterocycles. The van der Waals surface area contributed by atoms with Crippen LogP contribution in [0.25, 0.3) is 0 Å². The summed E-state index contributed by atoms with van der Waals surface area (Å²) < 4.78 is 0. The van der Waals surface area contributed by atoms with Crippen LogP contribution in [0.15, 0.2) is 24.4 Å². The molecule has 0 aromatic carbocycles. The van der Waals surface area contributed by atoms with E-state index in [1.54, 1.807) is 6.92 Å². The molecule has 1 rings (SSSR count). The Bertz CT molecular complexity index is 194. The average molecular weight is 151 g/mol. The van der Waals surface area contributed by atoms with Crippen molar-refractivity contribution in [3.63, 3.8) is 0 Å². The zero-order chi connectivity index (χ0) is 8.10. The molecule has 0 fully saturated rings. The van der Waals surface area contributed by atoms with Crippen molar-refractivity contribution in [3.8, 4) is 0 Å². The highest BCUT2D eigenvalue weighted by Crippen LogP contribution is 1.99. The summed E-state index contributed by atoms with van der Waals surface area (Å²) in [5, 5.41) is 0. The van der Waals surface area contributed by atoms with Crippen LogP contribution in [-0.2, 0) is 4.79 Å². The van der Waals surface area contributed by atoms with Crippen molar-refractivity contribution >= 4 is 5.78 Å². The Balaban J connectivity index is 2.22. The zero-order valence-electron chi connectivity index (χ0n) is 6.79. The second kappa shape index (κ2) is 3.96. The predicted molar refractivity (Wildman–Crippen MR) is 45.2 cm³/mol. The summed E-state index contributed by atoms with van der Waals surface area (Å²) in [6, 6.07) is 0. The fraction of sp³-hybridized carbons (Fsp3) is 0.444. The first-order valence-corrected chi connectivity index (χ1v) is 3.86. The van der Waals surface area contributed by atoms with Gasteiger partial charge in [0.2, 0.25) is 0 Å². The highest BCUT2D eigenvalue weighted by molar-refractivity contribution is 5.75. The third-order valence-electron chi connectivity index (χ3n) is 1.64. The maximum Gasteiger partial charge on any atom is 0.131 e. The summed E-state index contributed by atoms with van der Waals surface area (Å²) in [7, 11) is 0. The third kappa shape index (κ3) is 3.03. The lowest BCUT2D eigenvalue weighted by Crippen LogP contribution is -2.21. The Labute approximate surface area is 67.2 Å². The molecule has 0 N–H and O–H groups in total. The Morgan fingerprint density at radius 1 is 1.55 bits per heavy atom. The van der Waals surface area contributed by atoms with Crippen molar-refractivity contribution in [2.45, 2.75) is 13.3 Å². The van der Waals surface area contributed by atoms with Crippen LogP contribution in [0.4, 0.5) is 0 Å². The Morgan fingerprint density at radius 2 is 2.36 bits per heavy atom. The standard InChI is InChI=1S/C9H13NO/c1-9(11)5-8-10-6-3-2-4-7-10/h2-4,6H,5,7-8H2,1H3. The highest BCUT2D eigenvalue weighted by Gasteiger charge is 2.00. The lowest BCUT2D eigenvalue weighted by molar-refractivity contribution is -0.117. The molecule has 0 amide bonds. The van der Waals surface area contributed by atoms with Crippen LogP contribution >= 0.6 is 0 Å². The first kappa shape index (κ1) is 8.05. The number of rotatable bonds is 3. The van der Waals surface area contributed by atoms with Gasteiger partial charge in [-0.15, -0.1) is 0 Å². The van der Waals surface area contributed by atoms with E-state index < -0.39 is 0 Å². The van der Waals surface area contributed by atoms with Crippen molar-refractivity contribution < 1.29 is 4.79 Å². The first-order chi connectivity index (χ1) is 5.29. The van der Waals surface area contributed by atoms with Gasteiger partial charge in [-0.25, -0.2) is 0 Å². The highest BCUT2D eigenvalue weighted by atomic mass is 16.1. The average Bonchev–Trinajstić information content (AvgIpc) is 2.03. The second-order valence-electron chi connectivity index (χ2n) is 2.72. The molecule has 11 heavy (non-hydrogen) atoms. The van der Waals surface area contributed by atoms with Crippen LogP contribution in [0.3, 0.4) is 0 Å². The number of allylic oxidation sites excluding steroid dienone is 2. The summed E-state index contributed by atoms with van der Waals surface area (Å²) in [6.07, 6.45) is 8.76. The molecule has 2 nitrogen and oxygen atoms in total. The largest absolute Gasteiger partial charge is 0.373 e. The molecular weight excluding hydrogens is 138 g/mol. The SMILES string of the molecule is CC(=O)CCN1C=CC=CC1. The number of carbonyl (C=O) groups excluding carboxylic acids is 1. The number of hydrogen-bond acceptors (Lipinski definition) is 2. The van der Waals surface area contributed by atoms with Gasteiger partial charge < -0.3 is 4.90 Å². The van der Waals surface area contributed by atoms with E-state index in [1.807, 2.05) is 18.4 Å². The normalized spacial score (nSPS) is 15.5. The molecular formula is C9H13NO. The van der Waals surface area contributed by atoms with Crippen molar-refractivity contribution in [1.82, 2.24) is 4.90 Å². The van der Waals surface area contributed by atoms with E-state index in [1.165, 1.54) is 0 Å². The van der Waals surface area contributed by atoms with Gasteiger partial charge in [-0.05, 0) is 19.2 Å². The van der Waals surface area contributed by atoms with Crippen LogP contribution in [0.1, 0.15) is 13.3 Å². The van der Waals surface area contributed by atoms with Crippen LogP contribution in [0.2, 0.25) is 0 Å². The maximum absolute atomic E-state index is 10.6. The van der Waals surface area contributed by atoms with E-state index in [9.17, 15) is 4.79 Å². The lowest BCUT2D eigenvalue weighted by Gasteiger charge is -2.19. The van der Waals surface area contributed by atoms with Crippen LogP contribution in [0, 0.1) is 0 Å². The fourth-order valence-corrected chi connectivity index (χ4v) is 0.974. The Kier molecular flexibility index (Phi) is 2.90. The predicted octanol–water partition coefficient (Wildman–Crippen LogP) is 1.35. The van der Waals surface area contributed by atoms with Crippen molar-refractivity contribution in [2.75, 3.05) is 13.1 Å². The number of Topliss-reactive ketones (excluding diaryl/α,β-unsaturated/α-hetero) is 1. The van der Waals surface area contributed by atoms with Gasteiger partial charge in [0.05, 0.1) is 0 Å². The zero-order valence-corrected chi connectivity index (χ0v) is 6.79. The van der Waals surface area contributed by atoms with E-state index in [-0.39, 0.29) is 5.78 Å². The molecule has 0 unspecified atom stereocenters. The number of carbonyl (C=O) groups is 1. The second-order valence-corrected chi connectivity index (χ2v) is 2.72. The molecule has 0 bridgehead atoms. The van der Waals surface area contributed by atoms with E-state index in [0.29, 0.717) is 6.42 Å². The molecule has 0 aliphatic carbocycles. The molecule has 0 atom stereocenters. The van der Waals surface area contributed by atoms with Gasteiger partial charge in [0.25, 0.3) is 0 Å². The molecule has 1 heterocycles. The molecule has 0 aromatic heterocycles. The van der Waals surface area contributed by atoms with Crippen LogP contribution < -0.4 is 0 Å².